The maximum Gasteiger partial charge on any atom is 0.123 e. The zero-order valence-corrected chi connectivity index (χ0v) is 14.6. The second-order valence-electron chi connectivity index (χ2n) is 5.97. The van der Waals surface area contributed by atoms with E-state index in [1.165, 1.54) is 17.0 Å². The Balaban J connectivity index is 2.05. The monoisotopic (exact) mass is 311 g/mol. The molecule has 4 nitrogen and oxygen atoms in total. The summed E-state index contributed by atoms with van der Waals surface area (Å²) in [6.45, 7) is 13.7. The van der Waals surface area contributed by atoms with E-state index >= 15 is 0 Å². The van der Waals surface area contributed by atoms with Crippen LogP contribution in [0.2, 0.25) is 0 Å². The summed E-state index contributed by atoms with van der Waals surface area (Å²) in [7, 11) is 0. The molecule has 2 heterocycles. The Morgan fingerprint density at radius 1 is 1.43 bits per heavy atom. The first-order chi connectivity index (χ1) is 10.1. The first-order valence-corrected chi connectivity index (χ1v) is 9.01. The van der Waals surface area contributed by atoms with Crippen LogP contribution in [0.15, 0.2) is 0 Å². The Labute approximate surface area is 132 Å². The van der Waals surface area contributed by atoms with Gasteiger partial charge in [-0.15, -0.1) is 11.3 Å². The fraction of sp³-hybridized carbons (Fsp3) is 0.812. The number of nitrogens with zero attached hydrogens (tertiary/aromatic N) is 2. The average molecular weight is 311 g/mol. The third kappa shape index (κ3) is 4.74. The third-order valence-electron chi connectivity index (χ3n) is 3.77. The van der Waals surface area contributed by atoms with Gasteiger partial charge in [-0.3, -0.25) is 4.90 Å². The Bertz CT molecular complexity index is 431. The van der Waals surface area contributed by atoms with Crippen LogP contribution in [-0.4, -0.2) is 42.2 Å². The molecule has 0 bridgehead atoms. The largest absolute Gasteiger partial charge is 0.368 e. The lowest BCUT2D eigenvalue weighted by Gasteiger charge is -2.31. The van der Waals surface area contributed by atoms with Crippen LogP contribution in [0.3, 0.4) is 0 Å². The molecular formula is C16H29N3OS. The zero-order chi connectivity index (χ0) is 15.2. The highest BCUT2D eigenvalue weighted by Crippen LogP contribution is 2.29. The van der Waals surface area contributed by atoms with Crippen LogP contribution in [0.1, 0.15) is 55.8 Å². The summed E-state index contributed by atoms with van der Waals surface area (Å²) in [4.78, 5) is 8.72. The topological polar surface area (TPSA) is 37.4 Å². The summed E-state index contributed by atoms with van der Waals surface area (Å²) < 4.78 is 5.96. The molecule has 2 rings (SSSR count). The Morgan fingerprint density at radius 3 is 2.90 bits per heavy atom. The quantitative estimate of drug-likeness (QED) is 0.840. The van der Waals surface area contributed by atoms with Gasteiger partial charge in [0.2, 0.25) is 0 Å². The zero-order valence-electron chi connectivity index (χ0n) is 13.8. The molecule has 0 spiro atoms. The molecule has 120 valence electrons. The van der Waals surface area contributed by atoms with E-state index in [0.717, 1.165) is 44.2 Å². The van der Waals surface area contributed by atoms with Crippen LogP contribution in [-0.2, 0) is 17.7 Å². The molecule has 1 aliphatic heterocycles. The van der Waals surface area contributed by atoms with E-state index in [1.807, 2.05) is 11.3 Å². The van der Waals surface area contributed by atoms with E-state index in [1.54, 1.807) is 0 Å². The summed E-state index contributed by atoms with van der Waals surface area (Å²) in [5.74, 6) is 0. The maximum absolute atomic E-state index is 5.96. The molecule has 1 aromatic heterocycles. The Kier molecular flexibility index (Phi) is 6.61. The number of rotatable bonds is 7. The maximum atomic E-state index is 5.96. The lowest BCUT2D eigenvalue weighted by atomic mass is 10.2. The molecule has 1 atom stereocenters. The fourth-order valence-corrected chi connectivity index (χ4v) is 3.77. The van der Waals surface area contributed by atoms with Crippen molar-refractivity contribution >= 4 is 11.3 Å². The molecule has 1 unspecified atom stereocenters. The number of ether oxygens (including phenoxy) is 1. The van der Waals surface area contributed by atoms with Gasteiger partial charge in [0, 0.05) is 30.6 Å². The van der Waals surface area contributed by atoms with Crippen LogP contribution < -0.4 is 5.32 Å². The predicted molar refractivity (Wildman–Crippen MR) is 88.9 cm³/mol. The highest BCUT2D eigenvalue weighted by atomic mass is 32.1. The standard InChI is InChI=1S/C16H29N3OS/c1-5-7-19-8-9-20-14(11-19)16-18-13(6-2)15(21-16)10-17-12(3)4/h12,14,17H,5-11H2,1-4H3. The summed E-state index contributed by atoms with van der Waals surface area (Å²) in [6.07, 6.45) is 2.36. The van der Waals surface area contributed by atoms with Crippen LogP contribution in [0.5, 0.6) is 0 Å². The summed E-state index contributed by atoms with van der Waals surface area (Å²) in [6, 6.07) is 0.506. The molecule has 1 fully saturated rings. The van der Waals surface area contributed by atoms with Crippen LogP contribution in [0.4, 0.5) is 0 Å². The molecule has 0 aromatic carbocycles. The molecule has 0 amide bonds. The molecule has 1 N–H and O–H groups in total. The molecule has 5 heteroatoms. The molecule has 1 aliphatic rings. The van der Waals surface area contributed by atoms with Gasteiger partial charge in [-0.1, -0.05) is 27.7 Å². The van der Waals surface area contributed by atoms with Gasteiger partial charge in [-0.05, 0) is 19.4 Å². The van der Waals surface area contributed by atoms with Crippen molar-refractivity contribution in [2.45, 2.75) is 59.2 Å². The number of thiazole rings is 1. The second-order valence-corrected chi connectivity index (χ2v) is 7.09. The molecule has 0 saturated carbocycles. The fourth-order valence-electron chi connectivity index (χ4n) is 2.62. The van der Waals surface area contributed by atoms with Gasteiger partial charge in [0.15, 0.2) is 0 Å². The normalized spacial score (nSPS) is 20.3. The Hall–Kier alpha value is -0.490. The van der Waals surface area contributed by atoms with E-state index < -0.39 is 0 Å². The lowest BCUT2D eigenvalue weighted by molar-refractivity contribution is -0.0299. The smallest absolute Gasteiger partial charge is 0.123 e. The first kappa shape index (κ1) is 16.9. The number of morpholine rings is 1. The summed E-state index contributed by atoms with van der Waals surface area (Å²) >= 11 is 1.83. The van der Waals surface area contributed by atoms with E-state index in [4.69, 9.17) is 9.72 Å². The average Bonchev–Trinajstić information content (AvgIpc) is 2.89. The van der Waals surface area contributed by atoms with Crippen molar-refractivity contribution in [3.63, 3.8) is 0 Å². The molecule has 0 radical (unpaired) electrons. The van der Waals surface area contributed by atoms with Crippen LogP contribution in [0, 0.1) is 0 Å². The van der Waals surface area contributed by atoms with Gasteiger partial charge < -0.3 is 10.1 Å². The molecule has 1 saturated heterocycles. The molecule has 1 aromatic rings. The number of nitrogens with one attached hydrogen (secondary N) is 1. The second kappa shape index (κ2) is 8.22. The van der Waals surface area contributed by atoms with Crippen LogP contribution in [0.25, 0.3) is 0 Å². The van der Waals surface area contributed by atoms with Crippen LogP contribution >= 0.6 is 11.3 Å². The van der Waals surface area contributed by atoms with Crippen molar-refractivity contribution in [1.29, 1.82) is 0 Å². The SMILES string of the molecule is CCCN1CCOC(c2nc(CC)c(CNC(C)C)s2)C1. The van der Waals surface area contributed by atoms with Gasteiger partial charge in [0.05, 0.1) is 12.3 Å². The van der Waals surface area contributed by atoms with Crippen molar-refractivity contribution in [3.8, 4) is 0 Å². The van der Waals surface area contributed by atoms with Crippen molar-refractivity contribution in [2.75, 3.05) is 26.2 Å². The van der Waals surface area contributed by atoms with Crippen molar-refractivity contribution in [1.82, 2.24) is 15.2 Å². The van der Waals surface area contributed by atoms with E-state index in [2.05, 4.69) is 37.9 Å². The summed E-state index contributed by atoms with van der Waals surface area (Å²) in [5, 5.41) is 4.66. The van der Waals surface area contributed by atoms with Gasteiger partial charge >= 0.3 is 0 Å². The van der Waals surface area contributed by atoms with E-state index in [9.17, 15) is 0 Å². The van der Waals surface area contributed by atoms with Gasteiger partial charge in [0.1, 0.15) is 11.1 Å². The summed E-state index contributed by atoms with van der Waals surface area (Å²) in [5.41, 5.74) is 1.24. The molecule has 0 aliphatic carbocycles. The number of aryl methyl sites for hydroxylation is 1. The minimum atomic E-state index is 0.161. The number of hydrogen-bond acceptors (Lipinski definition) is 5. The van der Waals surface area contributed by atoms with Gasteiger partial charge in [0.25, 0.3) is 0 Å². The highest BCUT2D eigenvalue weighted by Gasteiger charge is 2.25. The van der Waals surface area contributed by atoms with E-state index in [-0.39, 0.29) is 6.10 Å². The minimum Gasteiger partial charge on any atom is -0.368 e. The van der Waals surface area contributed by atoms with Crippen molar-refractivity contribution < 1.29 is 4.74 Å². The minimum absolute atomic E-state index is 0.161. The van der Waals surface area contributed by atoms with Crippen molar-refractivity contribution in [2.24, 2.45) is 0 Å². The number of aromatic nitrogens is 1. The predicted octanol–water partition coefficient (Wildman–Crippen LogP) is 2.99. The Morgan fingerprint density at radius 2 is 2.24 bits per heavy atom. The first-order valence-electron chi connectivity index (χ1n) is 8.19. The highest BCUT2D eigenvalue weighted by molar-refractivity contribution is 7.11. The van der Waals surface area contributed by atoms with Gasteiger partial charge in [-0.2, -0.15) is 0 Å². The lowest BCUT2D eigenvalue weighted by Crippen LogP contribution is -2.38. The van der Waals surface area contributed by atoms with Gasteiger partial charge in [-0.25, -0.2) is 4.98 Å². The third-order valence-corrected chi connectivity index (χ3v) is 4.96. The molecule has 21 heavy (non-hydrogen) atoms. The van der Waals surface area contributed by atoms with E-state index in [0.29, 0.717) is 6.04 Å². The van der Waals surface area contributed by atoms with Crippen molar-refractivity contribution in [3.05, 3.63) is 15.6 Å². The number of hydrogen-bond donors (Lipinski definition) is 1. The molecular weight excluding hydrogens is 282 g/mol.